The molecule has 37 heavy (non-hydrogen) atoms. The summed E-state index contributed by atoms with van der Waals surface area (Å²) in [4.78, 5) is 25.1. The smallest absolute Gasteiger partial charge is 0.329 e. The molecule has 1 N–H and O–H groups in total. The van der Waals surface area contributed by atoms with Crippen molar-refractivity contribution in [1.29, 1.82) is 5.41 Å². The van der Waals surface area contributed by atoms with Crippen LogP contribution in [0.3, 0.4) is 0 Å². The van der Waals surface area contributed by atoms with Crippen LogP contribution in [0.5, 0.6) is 11.5 Å². The highest BCUT2D eigenvalue weighted by Gasteiger charge is 2.37. The zero-order valence-electron chi connectivity index (χ0n) is 21.0. The lowest BCUT2D eigenvalue weighted by Crippen LogP contribution is -2.48. The summed E-state index contributed by atoms with van der Waals surface area (Å²) in [6.07, 6.45) is 3.17. The molecule has 3 heterocycles. The third-order valence-electron chi connectivity index (χ3n) is 6.00. The van der Waals surface area contributed by atoms with E-state index in [4.69, 9.17) is 14.9 Å². The van der Waals surface area contributed by atoms with Gasteiger partial charge in [-0.25, -0.2) is 13.6 Å². The summed E-state index contributed by atoms with van der Waals surface area (Å²) in [5, 5.41) is 8.16. The van der Waals surface area contributed by atoms with Crippen molar-refractivity contribution in [2.24, 2.45) is 0 Å². The van der Waals surface area contributed by atoms with E-state index < -0.39 is 23.4 Å². The summed E-state index contributed by atoms with van der Waals surface area (Å²) in [6.45, 7) is 3.54. The number of pyridine rings is 2. The number of rotatable bonds is 8. The fourth-order valence-electron chi connectivity index (χ4n) is 4.22. The first-order valence-electron chi connectivity index (χ1n) is 11.6. The maximum Gasteiger partial charge on any atom is 0.329 e. The largest absolute Gasteiger partial charge is 0.493 e. The average molecular weight is 505 g/mol. The summed E-state index contributed by atoms with van der Waals surface area (Å²) in [6, 6.07) is 7.47. The highest BCUT2D eigenvalue weighted by molar-refractivity contribution is 6.45. The molecular formula is C26H26BF2N5O3. The van der Waals surface area contributed by atoms with Gasteiger partial charge in [-0.05, 0) is 25.1 Å². The van der Waals surface area contributed by atoms with Crippen LogP contribution in [0.25, 0.3) is 5.57 Å². The summed E-state index contributed by atoms with van der Waals surface area (Å²) in [7, 11) is 3.20. The lowest BCUT2D eigenvalue weighted by Gasteiger charge is -2.37. The topological polar surface area (TPSA) is 91.6 Å². The number of benzene rings is 1. The minimum atomic E-state index is -1.02. The fraction of sp³-hybridized carbons (Fsp3) is 0.231. The summed E-state index contributed by atoms with van der Waals surface area (Å²) < 4.78 is 40.9. The molecule has 0 saturated heterocycles. The van der Waals surface area contributed by atoms with Crippen molar-refractivity contribution in [1.82, 2.24) is 9.97 Å². The van der Waals surface area contributed by atoms with Gasteiger partial charge in [0.2, 0.25) is 0 Å². The molecule has 190 valence electrons. The van der Waals surface area contributed by atoms with Crippen LogP contribution < -0.4 is 19.3 Å². The lowest BCUT2D eigenvalue weighted by molar-refractivity contribution is 0.249. The number of ether oxygens (including phenoxy) is 2. The number of hydrogen-bond donors (Lipinski definition) is 1. The van der Waals surface area contributed by atoms with Crippen LogP contribution in [0.15, 0.2) is 48.7 Å². The quantitative estimate of drug-likeness (QED) is 0.352. The van der Waals surface area contributed by atoms with Gasteiger partial charge in [0.25, 0.3) is 0 Å². The number of halogens is 2. The Labute approximate surface area is 214 Å². The van der Waals surface area contributed by atoms with Crippen LogP contribution in [0.4, 0.5) is 25.0 Å². The number of anilines is 2. The number of carbonyl (C=O) groups is 1. The van der Waals surface area contributed by atoms with Crippen LogP contribution in [0.2, 0.25) is 6.82 Å². The number of nitrogens with zero attached hydrogens (tertiary/aromatic N) is 4. The van der Waals surface area contributed by atoms with Crippen LogP contribution in [0.1, 0.15) is 23.9 Å². The van der Waals surface area contributed by atoms with Crippen molar-refractivity contribution in [2.45, 2.75) is 26.8 Å². The molecule has 8 nitrogen and oxygen atoms in total. The lowest BCUT2D eigenvalue weighted by atomic mass is 9.79. The van der Waals surface area contributed by atoms with Gasteiger partial charge in [-0.15, -0.1) is 5.98 Å². The van der Waals surface area contributed by atoms with Gasteiger partial charge in [-0.1, -0.05) is 12.9 Å². The Bertz CT molecular complexity index is 1360. The molecule has 0 saturated carbocycles. The van der Waals surface area contributed by atoms with Gasteiger partial charge in [-0.3, -0.25) is 19.8 Å². The Balaban J connectivity index is 1.89. The number of amides is 2. The minimum absolute atomic E-state index is 0.0490. The number of hydrogen-bond acceptors (Lipinski definition) is 6. The minimum Gasteiger partial charge on any atom is -0.493 e. The number of carbonyl (C=O) groups excluding carboxylic acids is 1. The van der Waals surface area contributed by atoms with Crippen molar-refractivity contribution in [2.75, 3.05) is 24.0 Å². The van der Waals surface area contributed by atoms with Crippen molar-refractivity contribution < 1.29 is 23.0 Å². The maximum atomic E-state index is 15.4. The molecule has 0 fully saturated rings. The van der Waals surface area contributed by atoms with E-state index in [1.54, 1.807) is 43.6 Å². The van der Waals surface area contributed by atoms with E-state index in [9.17, 15) is 4.79 Å². The van der Waals surface area contributed by atoms with Crippen LogP contribution in [-0.2, 0) is 13.1 Å². The van der Waals surface area contributed by atoms with E-state index in [0.717, 1.165) is 11.0 Å². The first-order valence-corrected chi connectivity index (χ1v) is 11.6. The molecule has 0 unspecified atom stereocenters. The van der Waals surface area contributed by atoms with Crippen LogP contribution in [-0.4, -0.2) is 43.2 Å². The van der Waals surface area contributed by atoms with Crippen molar-refractivity contribution in [3.05, 3.63) is 77.3 Å². The first-order chi connectivity index (χ1) is 17.8. The van der Waals surface area contributed by atoms with Gasteiger partial charge in [0, 0.05) is 35.3 Å². The standard InChI is InChI=1S/C26H26BF2N5O3/c1-15(30)18(11-27-2)19-9-20-16(12-32-19)13-34(26(35)33(20)14-17-7-5-6-8-31-17)25-23(28)21(36-3)10-22(37-4)24(25)29/h5-12,27,30H,13-14H2,1-4H3/b18-11+,30-15?. The van der Waals surface area contributed by atoms with E-state index in [0.29, 0.717) is 41.2 Å². The molecule has 3 aromatic rings. The molecular weight excluding hydrogens is 479 g/mol. The van der Waals surface area contributed by atoms with E-state index in [1.165, 1.54) is 19.1 Å². The Morgan fingerprint density at radius 3 is 2.43 bits per heavy atom. The second-order valence-electron chi connectivity index (χ2n) is 8.38. The number of methoxy groups -OCH3 is 2. The molecule has 0 bridgehead atoms. The second-order valence-corrected chi connectivity index (χ2v) is 8.38. The van der Waals surface area contributed by atoms with Crippen molar-refractivity contribution in [3.63, 3.8) is 0 Å². The molecule has 1 aliphatic heterocycles. The molecule has 4 rings (SSSR count). The Morgan fingerprint density at radius 2 is 1.86 bits per heavy atom. The summed E-state index contributed by atoms with van der Waals surface area (Å²) in [5.41, 5.74) is 2.60. The predicted molar refractivity (Wildman–Crippen MR) is 140 cm³/mol. The predicted octanol–water partition coefficient (Wildman–Crippen LogP) is 4.78. The van der Waals surface area contributed by atoms with Crippen LogP contribution >= 0.6 is 0 Å². The average Bonchev–Trinajstić information content (AvgIpc) is 2.90. The molecule has 1 aliphatic rings. The van der Waals surface area contributed by atoms with Crippen molar-refractivity contribution in [3.8, 4) is 11.5 Å². The van der Waals surface area contributed by atoms with Gasteiger partial charge >= 0.3 is 6.03 Å². The highest BCUT2D eigenvalue weighted by Crippen LogP contribution is 2.41. The van der Waals surface area contributed by atoms with E-state index in [-0.39, 0.29) is 24.6 Å². The van der Waals surface area contributed by atoms with Gasteiger partial charge in [-0.2, -0.15) is 0 Å². The van der Waals surface area contributed by atoms with Crippen LogP contribution in [0, 0.1) is 17.0 Å². The number of allylic oxidation sites excluding steroid dienone is 1. The number of aromatic nitrogens is 2. The molecule has 11 heteroatoms. The van der Waals surface area contributed by atoms with Crippen molar-refractivity contribution >= 4 is 36.0 Å². The normalized spacial score (nSPS) is 13.4. The fourth-order valence-corrected chi connectivity index (χ4v) is 4.22. The van der Waals surface area contributed by atoms with E-state index in [1.807, 2.05) is 12.8 Å². The monoisotopic (exact) mass is 505 g/mol. The van der Waals surface area contributed by atoms with Gasteiger partial charge in [0.05, 0.1) is 44.4 Å². The Morgan fingerprint density at radius 1 is 1.16 bits per heavy atom. The van der Waals surface area contributed by atoms with E-state index >= 15 is 8.78 Å². The second kappa shape index (κ2) is 10.8. The Hall–Kier alpha value is -4.28. The first kappa shape index (κ1) is 25.8. The number of urea groups is 1. The van der Waals surface area contributed by atoms with E-state index in [2.05, 4.69) is 9.97 Å². The third-order valence-corrected chi connectivity index (χ3v) is 6.00. The zero-order chi connectivity index (χ0) is 26.7. The number of nitrogens with one attached hydrogen (secondary N) is 1. The molecule has 0 radical (unpaired) electrons. The Kier molecular flexibility index (Phi) is 7.51. The molecule has 2 amide bonds. The van der Waals surface area contributed by atoms with Gasteiger partial charge < -0.3 is 14.9 Å². The summed E-state index contributed by atoms with van der Waals surface area (Å²) in [5.74, 6) is -0.662. The molecule has 2 aromatic heterocycles. The highest BCUT2D eigenvalue weighted by atomic mass is 19.1. The SMILES string of the molecule is CB/C=C(\C(C)=N)c1cc2c(cn1)CN(c1c(F)c(OC)cc(OC)c1F)C(=O)N2Cc1ccccn1. The third kappa shape index (κ3) is 4.89. The maximum absolute atomic E-state index is 15.4. The van der Waals surface area contributed by atoms with Gasteiger partial charge in [0.1, 0.15) is 13.0 Å². The number of fused-ring (bicyclic) bond motifs is 1. The molecule has 0 aliphatic carbocycles. The molecule has 0 atom stereocenters. The summed E-state index contributed by atoms with van der Waals surface area (Å²) >= 11 is 0. The molecule has 0 spiro atoms. The van der Waals surface area contributed by atoms with Gasteiger partial charge in [0.15, 0.2) is 23.1 Å². The molecule has 1 aromatic carbocycles. The zero-order valence-corrected chi connectivity index (χ0v) is 21.0.